The van der Waals surface area contributed by atoms with Crippen molar-refractivity contribution in [2.45, 2.75) is 19.3 Å². The number of methoxy groups -OCH3 is 1. The van der Waals surface area contributed by atoms with Crippen LogP contribution in [0.1, 0.15) is 24.8 Å². The van der Waals surface area contributed by atoms with Gasteiger partial charge in [-0.15, -0.1) is 0 Å². The zero-order valence-corrected chi connectivity index (χ0v) is 9.49. The van der Waals surface area contributed by atoms with Gasteiger partial charge in [-0.05, 0) is 30.2 Å². The van der Waals surface area contributed by atoms with Crippen LogP contribution in [-0.4, -0.2) is 20.2 Å². The molecule has 1 aliphatic heterocycles. The molecule has 1 heterocycles. The van der Waals surface area contributed by atoms with E-state index in [1.165, 1.54) is 12.0 Å². The molecule has 1 fully saturated rings. The molecule has 1 N–H and O–H groups in total. The summed E-state index contributed by atoms with van der Waals surface area (Å²) >= 11 is 0. The van der Waals surface area contributed by atoms with E-state index < -0.39 is 0 Å². The molecule has 1 aliphatic rings. The van der Waals surface area contributed by atoms with E-state index >= 15 is 0 Å². The Morgan fingerprint density at radius 1 is 1.27 bits per heavy atom. The summed E-state index contributed by atoms with van der Waals surface area (Å²) in [7, 11) is 1.71. The van der Waals surface area contributed by atoms with Gasteiger partial charge in [-0.25, -0.2) is 0 Å². The monoisotopic (exact) mass is 205 g/mol. The summed E-state index contributed by atoms with van der Waals surface area (Å²) in [5.74, 6) is 2.41. The Kier molecular flexibility index (Phi) is 3.27. The Hall–Kier alpha value is -1.02. The molecule has 0 aliphatic carbocycles. The van der Waals surface area contributed by atoms with Gasteiger partial charge in [0.15, 0.2) is 0 Å². The molecule has 2 rings (SSSR count). The number of ether oxygens (including phenoxy) is 1. The van der Waals surface area contributed by atoms with E-state index in [9.17, 15) is 0 Å². The highest BCUT2D eigenvalue weighted by Gasteiger charge is 2.26. The van der Waals surface area contributed by atoms with Crippen LogP contribution in [0.5, 0.6) is 5.75 Å². The first-order chi connectivity index (χ1) is 7.35. The van der Waals surface area contributed by atoms with Gasteiger partial charge in [-0.2, -0.15) is 0 Å². The summed E-state index contributed by atoms with van der Waals surface area (Å²) < 4.78 is 5.17. The summed E-state index contributed by atoms with van der Waals surface area (Å²) in [6.45, 7) is 4.55. The van der Waals surface area contributed by atoms with Gasteiger partial charge < -0.3 is 10.1 Å². The molecule has 82 valence electrons. The number of nitrogens with one attached hydrogen (secondary N) is 1. The van der Waals surface area contributed by atoms with Crippen LogP contribution in [0.4, 0.5) is 0 Å². The summed E-state index contributed by atoms with van der Waals surface area (Å²) in [4.78, 5) is 0. The zero-order chi connectivity index (χ0) is 10.7. The minimum absolute atomic E-state index is 0.681. The average Bonchev–Trinajstić information content (AvgIpc) is 2.77. The van der Waals surface area contributed by atoms with Crippen LogP contribution in [0.2, 0.25) is 0 Å². The second-order valence-electron chi connectivity index (χ2n) is 4.21. The third-order valence-electron chi connectivity index (χ3n) is 3.41. The fourth-order valence-corrected chi connectivity index (χ4v) is 2.40. The Morgan fingerprint density at radius 3 is 2.60 bits per heavy atom. The second-order valence-corrected chi connectivity index (χ2v) is 4.21. The van der Waals surface area contributed by atoms with Crippen LogP contribution in [0.15, 0.2) is 24.3 Å². The van der Waals surface area contributed by atoms with Crippen LogP contribution in [0.25, 0.3) is 0 Å². The lowest BCUT2D eigenvalue weighted by molar-refractivity contribution is 0.414. The number of hydrogen-bond donors (Lipinski definition) is 1. The summed E-state index contributed by atoms with van der Waals surface area (Å²) in [5.41, 5.74) is 1.44. The smallest absolute Gasteiger partial charge is 0.118 e. The van der Waals surface area contributed by atoms with Gasteiger partial charge in [0.25, 0.3) is 0 Å². The molecule has 15 heavy (non-hydrogen) atoms. The number of hydrogen-bond acceptors (Lipinski definition) is 2. The highest BCUT2D eigenvalue weighted by molar-refractivity contribution is 5.30. The third-order valence-corrected chi connectivity index (χ3v) is 3.41. The van der Waals surface area contributed by atoms with Crippen molar-refractivity contribution in [2.75, 3.05) is 20.2 Å². The van der Waals surface area contributed by atoms with Crippen molar-refractivity contribution in [1.82, 2.24) is 5.32 Å². The maximum absolute atomic E-state index is 5.17. The molecule has 0 saturated carbocycles. The van der Waals surface area contributed by atoms with Crippen LogP contribution in [-0.2, 0) is 0 Å². The molecule has 0 amide bonds. The molecular weight excluding hydrogens is 186 g/mol. The van der Waals surface area contributed by atoms with E-state index in [1.807, 2.05) is 0 Å². The molecular formula is C13H19NO. The fraction of sp³-hybridized carbons (Fsp3) is 0.538. The lowest BCUT2D eigenvalue weighted by atomic mass is 9.87. The summed E-state index contributed by atoms with van der Waals surface area (Å²) in [6.07, 6.45) is 1.25. The molecule has 0 radical (unpaired) electrons. The molecule has 2 atom stereocenters. The highest BCUT2D eigenvalue weighted by atomic mass is 16.5. The van der Waals surface area contributed by atoms with Crippen molar-refractivity contribution < 1.29 is 4.74 Å². The van der Waals surface area contributed by atoms with Crippen LogP contribution >= 0.6 is 0 Å². The third kappa shape index (κ3) is 2.15. The molecule has 1 aromatic carbocycles. The van der Waals surface area contributed by atoms with Crippen molar-refractivity contribution >= 4 is 0 Å². The number of benzene rings is 1. The van der Waals surface area contributed by atoms with E-state index in [0.717, 1.165) is 24.8 Å². The average molecular weight is 205 g/mol. The Labute approximate surface area is 91.6 Å². The van der Waals surface area contributed by atoms with Crippen LogP contribution < -0.4 is 10.1 Å². The largest absolute Gasteiger partial charge is 0.497 e. The highest BCUT2D eigenvalue weighted by Crippen LogP contribution is 2.30. The summed E-state index contributed by atoms with van der Waals surface area (Å²) in [5, 5.41) is 3.47. The molecule has 0 spiro atoms. The van der Waals surface area contributed by atoms with Crippen LogP contribution in [0, 0.1) is 5.92 Å². The topological polar surface area (TPSA) is 21.3 Å². The number of rotatable bonds is 3. The first-order valence-corrected chi connectivity index (χ1v) is 5.69. The van der Waals surface area contributed by atoms with E-state index in [1.54, 1.807) is 7.11 Å². The van der Waals surface area contributed by atoms with Gasteiger partial charge in [-0.3, -0.25) is 0 Å². The van der Waals surface area contributed by atoms with Crippen LogP contribution in [0.3, 0.4) is 0 Å². The van der Waals surface area contributed by atoms with E-state index in [-0.39, 0.29) is 0 Å². The molecule has 1 saturated heterocycles. The Morgan fingerprint density at radius 2 is 2.00 bits per heavy atom. The molecule has 2 nitrogen and oxygen atoms in total. The van der Waals surface area contributed by atoms with Gasteiger partial charge in [0.05, 0.1) is 7.11 Å². The van der Waals surface area contributed by atoms with E-state index in [2.05, 4.69) is 36.5 Å². The molecule has 0 unspecified atom stereocenters. The predicted molar refractivity (Wildman–Crippen MR) is 62.4 cm³/mol. The van der Waals surface area contributed by atoms with Crippen molar-refractivity contribution in [2.24, 2.45) is 5.92 Å². The van der Waals surface area contributed by atoms with E-state index in [4.69, 9.17) is 4.74 Å². The molecule has 0 bridgehead atoms. The second kappa shape index (κ2) is 4.67. The normalized spacial score (nSPS) is 25.5. The Bertz CT molecular complexity index is 307. The minimum Gasteiger partial charge on any atom is -0.497 e. The quantitative estimate of drug-likeness (QED) is 0.818. The van der Waals surface area contributed by atoms with Gasteiger partial charge in [0.2, 0.25) is 0 Å². The van der Waals surface area contributed by atoms with Gasteiger partial charge in [-0.1, -0.05) is 25.5 Å². The first kappa shape index (κ1) is 10.5. The van der Waals surface area contributed by atoms with Crippen molar-refractivity contribution in [3.63, 3.8) is 0 Å². The van der Waals surface area contributed by atoms with Crippen molar-refractivity contribution in [1.29, 1.82) is 0 Å². The van der Waals surface area contributed by atoms with Crippen molar-refractivity contribution in [3.8, 4) is 5.75 Å². The maximum Gasteiger partial charge on any atom is 0.118 e. The summed E-state index contributed by atoms with van der Waals surface area (Å²) in [6, 6.07) is 8.50. The standard InChI is InChI=1S/C13H19NO/c1-3-10-8-14-9-13(10)11-4-6-12(15-2)7-5-11/h4-7,10,13-14H,3,8-9H2,1-2H3/t10-,13+/m0/s1. The first-order valence-electron chi connectivity index (χ1n) is 5.69. The predicted octanol–water partition coefficient (Wildman–Crippen LogP) is 2.41. The lowest BCUT2D eigenvalue weighted by Gasteiger charge is -2.17. The lowest BCUT2D eigenvalue weighted by Crippen LogP contribution is -2.09. The van der Waals surface area contributed by atoms with Gasteiger partial charge in [0.1, 0.15) is 5.75 Å². The molecule has 2 heteroatoms. The molecule has 1 aromatic rings. The van der Waals surface area contributed by atoms with Gasteiger partial charge in [0, 0.05) is 12.5 Å². The Balaban J connectivity index is 2.14. The SMILES string of the molecule is CC[C@H]1CNC[C@H]1c1ccc(OC)cc1. The zero-order valence-electron chi connectivity index (χ0n) is 9.49. The minimum atomic E-state index is 0.681. The maximum atomic E-state index is 5.17. The van der Waals surface area contributed by atoms with Crippen molar-refractivity contribution in [3.05, 3.63) is 29.8 Å². The van der Waals surface area contributed by atoms with E-state index in [0.29, 0.717) is 5.92 Å². The fourth-order valence-electron chi connectivity index (χ4n) is 2.40. The van der Waals surface area contributed by atoms with Gasteiger partial charge >= 0.3 is 0 Å². The molecule has 0 aromatic heterocycles.